The van der Waals surface area contributed by atoms with E-state index in [4.69, 9.17) is 5.73 Å². The predicted octanol–water partition coefficient (Wildman–Crippen LogP) is 1.94. The number of benzene rings is 1. The van der Waals surface area contributed by atoms with Gasteiger partial charge in [0.1, 0.15) is 11.0 Å². The van der Waals surface area contributed by atoms with Gasteiger partial charge in [-0.25, -0.2) is 4.21 Å². The van der Waals surface area contributed by atoms with E-state index in [0.717, 1.165) is 24.1 Å². The molecule has 4 nitrogen and oxygen atoms in total. The van der Waals surface area contributed by atoms with Gasteiger partial charge in [0.15, 0.2) is 0 Å². The van der Waals surface area contributed by atoms with Gasteiger partial charge in [0.05, 0.1) is 6.10 Å². The molecule has 0 saturated carbocycles. The van der Waals surface area contributed by atoms with Crippen LogP contribution in [0.15, 0.2) is 24.3 Å². The lowest BCUT2D eigenvalue weighted by atomic mass is 10.1. The molecular formula is C13H22N2O2S. The molecule has 0 spiro atoms. The minimum atomic E-state index is -1.05. The first-order valence-corrected chi connectivity index (χ1v) is 7.62. The smallest absolute Gasteiger partial charge is 0.117 e. The topological polar surface area (TPSA) is 75.3 Å². The summed E-state index contributed by atoms with van der Waals surface area (Å²) in [5, 5.41) is 9.84. The molecule has 0 amide bonds. The van der Waals surface area contributed by atoms with Crippen molar-refractivity contribution in [2.75, 3.05) is 17.0 Å². The summed E-state index contributed by atoms with van der Waals surface area (Å²) in [6.45, 7) is 2.52. The fraction of sp³-hybridized carbons (Fsp3) is 0.538. The van der Waals surface area contributed by atoms with Gasteiger partial charge < -0.3 is 15.6 Å². The largest absolute Gasteiger partial charge is 0.388 e. The van der Waals surface area contributed by atoms with E-state index in [1.54, 1.807) is 0 Å². The van der Waals surface area contributed by atoms with E-state index in [1.807, 2.05) is 24.3 Å². The summed E-state index contributed by atoms with van der Waals surface area (Å²) in [7, 11) is -1.05. The van der Waals surface area contributed by atoms with Gasteiger partial charge in [0.2, 0.25) is 0 Å². The van der Waals surface area contributed by atoms with Crippen LogP contribution in [0.1, 0.15) is 37.9 Å². The molecule has 1 aromatic rings. The fourth-order valence-electron chi connectivity index (χ4n) is 1.59. The summed E-state index contributed by atoms with van der Waals surface area (Å²) in [5.41, 5.74) is 7.00. The van der Waals surface area contributed by atoms with Gasteiger partial charge in [-0.1, -0.05) is 25.5 Å². The van der Waals surface area contributed by atoms with E-state index in [2.05, 4.69) is 11.6 Å². The molecule has 1 rings (SSSR count). The fourth-order valence-corrected chi connectivity index (χ4v) is 2.63. The third-order valence-corrected chi connectivity index (χ3v) is 3.75. The van der Waals surface area contributed by atoms with Crippen molar-refractivity contribution in [3.05, 3.63) is 29.8 Å². The molecule has 5 heteroatoms. The van der Waals surface area contributed by atoms with Crippen LogP contribution in [-0.4, -0.2) is 21.6 Å². The van der Waals surface area contributed by atoms with Crippen LogP contribution in [0, 0.1) is 0 Å². The molecule has 0 saturated heterocycles. The van der Waals surface area contributed by atoms with Crippen molar-refractivity contribution < 1.29 is 9.32 Å². The number of aliphatic hydroxyl groups excluding tert-OH is 1. The van der Waals surface area contributed by atoms with Crippen LogP contribution < -0.4 is 10.5 Å². The number of unbranched alkanes of at least 4 members (excludes halogenated alkanes) is 1. The first kappa shape index (κ1) is 15.1. The minimum absolute atomic E-state index is 0.446. The number of nitrogens with one attached hydrogen (secondary N) is 1. The first-order valence-electron chi connectivity index (χ1n) is 6.30. The summed E-state index contributed by atoms with van der Waals surface area (Å²) in [6, 6.07) is 7.36. The van der Waals surface area contributed by atoms with E-state index >= 15 is 0 Å². The molecule has 0 radical (unpaired) electrons. The Morgan fingerprint density at radius 2 is 2.28 bits per heavy atom. The third kappa shape index (κ3) is 5.16. The van der Waals surface area contributed by atoms with Gasteiger partial charge in [0.25, 0.3) is 0 Å². The molecule has 18 heavy (non-hydrogen) atoms. The predicted molar refractivity (Wildman–Crippen MR) is 76.6 cm³/mol. The summed E-state index contributed by atoms with van der Waals surface area (Å²) >= 11 is 0. The third-order valence-electron chi connectivity index (χ3n) is 2.63. The number of hydrogen-bond acceptors (Lipinski definition) is 3. The highest BCUT2D eigenvalue weighted by Crippen LogP contribution is 2.20. The molecule has 0 heterocycles. The number of anilines is 1. The average molecular weight is 270 g/mol. The Morgan fingerprint density at radius 3 is 2.94 bits per heavy atom. The Morgan fingerprint density at radius 1 is 1.50 bits per heavy atom. The Hall–Kier alpha value is -0.910. The molecule has 4 N–H and O–H groups in total. The van der Waals surface area contributed by atoms with Crippen molar-refractivity contribution >= 4 is 16.7 Å². The highest BCUT2D eigenvalue weighted by molar-refractivity contribution is 7.86. The maximum atomic E-state index is 11.7. The van der Waals surface area contributed by atoms with Crippen molar-refractivity contribution in [2.24, 2.45) is 5.73 Å². The molecular weight excluding hydrogens is 248 g/mol. The average Bonchev–Trinajstić information content (AvgIpc) is 2.37. The van der Waals surface area contributed by atoms with Gasteiger partial charge >= 0.3 is 0 Å². The Kier molecular flexibility index (Phi) is 6.93. The first-order chi connectivity index (χ1) is 8.67. The molecule has 2 unspecified atom stereocenters. The Labute approximate surface area is 111 Å². The number of nitrogens with two attached hydrogens (primary N) is 1. The second kappa shape index (κ2) is 8.24. The molecule has 0 fully saturated rings. The van der Waals surface area contributed by atoms with Gasteiger partial charge in [-0.05, 0) is 37.1 Å². The van der Waals surface area contributed by atoms with Crippen LogP contribution in [0.3, 0.4) is 0 Å². The standard InChI is InChI=1S/C13H22N2O2S/c1-2-3-9-18(17)15-12-6-4-5-11(10-12)13(16)7-8-14/h4-6,10,13,15-16H,2-3,7-9,14H2,1H3. The van der Waals surface area contributed by atoms with E-state index in [-0.39, 0.29) is 0 Å². The van der Waals surface area contributed by atoms with Crippen molar-refractivity contribution in [1.29, 1.82) is 0 Å². The quantitative estimate of drug-likeness (QED) is 0.676. The summed E-state index contributed by atoms with van der Waals surface area (Å²) in [6.07, 6.45) is 1.95. The molecule has 2 atom stereocenters. The molecule has 0 aliphatic heterocycles. The second-order valence-electron chi connectivity index (χ2n) is 4.22. The van der Waals surface area contributed by atoms with Crippen LogP contribution in [0.4, 0.5) is 5.69 Å². The van der Waals surface area contributed by atoms with Crippen molar-refractivity contribution in [3.8, 4) is 0 Å². The Balaban J connectivity index is 2.61. The summed E-state index contributed by atoms with van der Waals surface area (Å²) in [5.74, 6) is 0.645. The highest BCUT2D eigenvalue weighted by atomic mass is 32.2. The lowest BCUT2D eigenvalue weighted by Crippen LogP contribution is -2.10. The number of aliphatic hydroxyl groups is 1. The molecule has 0 aromatic heterocycles. The van der Waals surface area contributed by atoms with E-state index in [1.165, 1.54) is 0 Å². The Bertz CT molecular complexity index is 385. The number of hydrogen-bond donors (Lipinski definition) is 3. The van der Waals surface area contributed by atoms with Crippen LogP contribution >= 0.6 is 0 Å². The van der Waals surface area contributed by atoms with Gasteiger partial charge in [-0.2, -0.15) is 0 Å². The molecule has 0 aliphatic carbocycles. The van der Waals surface area contributed by atoms with Crippen LogP contribution in [0.25, 0.3) is 0 Å². The van der Waals surface area contributed by atoms with Crippen LogP contribution in [0.5, 0.6) is 0 Å². The normalized spacial score (nSPS) is 14.2. The lowest BCUT2D eigenvalue weighted by Gasteiger charge is -2.12. The maximum Gasteiger partial charge on any atom is 0.117 e. The molecule has 0 bridgehead atoms. The van der Waals surface area contributed by atoms with Crippen molar-refractivity contribution in [2.45, 2.75) is 32.3 Å². The van der Waals surface area contributed by atoms with E-state index in [9.17, 15) is 9.32 Å². The second-order valence-corrected chi connectivity index (χ2v) is 5.53. The maximum absolute atomic E-state index is 11.7. The zero-order valence-corrected chi connectivity index (χ0v) is 11.6. The highest BCUT2D eigenvalue weighted by Gasteiger charge is 2.07. The zero-order chi connectivity index (χ0) is 13.4. The van der Waals surface area contributed by atoms with Gasteiger partial charge in [-0.3, -0.25) is 0 Å². The summed E-state index contributed by atoms with van der Waals surface area (Å²) < 4.78 is 14.6. The monoisotopic (exact) mass is 270 g/mol. The van der Waals surface area contributed by atoms with Crippen LogP contribution in [-0.2, 0) is 11.0 Å². The SMILES string of the molecule is CCCCS(=O)Nc1cccc(C(O)CCN)c1. The number of rotatable bonds is 8. The summed E-state index contributed by atoms with van der Waals surface area (Å²) in [4.78, 5) is 0. The van der Waals surface area contributed by atoms with Crippen molar-refractivity contribution in [1.82, 2.24) is 0 Å². The molecule has 102 valence electrons. The van der Waals surface area contributed by atoms with Crippen molar-refractivity contribution in [3.63, 3.8) is 0 Å². The van der Waals surface area contributed by atoms with Crippen LogP contribution in [0.2, 0.25) is 0 Å². The molecule has 0 aliphatic rings. The van der Waals surface area contributed by atoms with E-state index < -0.39 is 17.1 Å². The van der Waals surface area contributed by atoms with E-state index in [0.29, 0.717) is 18.7 Å². The van der Waals surface area contributed by atoms with Gasteiger partial charge in [-0.15, -0.1) is 0 Å². The zero-order valence-electron chi connectivity index (χ0n) is 10.8. The molecule has 1 aromatic carbocycles. The lowest BCUT2D eigenvalue weighted by molar-refractivity contribution is 0.170. The van der Waals surface area contributed by atoms with Gasteiger partial charge in [0, 0.05) is 11.4 Å². The minimum Gasteiger partial charge on any atom is -0.388 e.